The van der Waals surface area contributed by atoms with E-state index in [4.69, 9.17) is 14.2 Å². The van der Waals surface area contributed by atoms with Gasteiger partial charge >= 0.3 is 5.69 Å². The van der Waals surface area contributed by atoms with Crippen LogP contribution in [0.4, 0.5) is 17.1 Å². The van der Waals surface area contributed by atoms with Gasteiger partial charge in [0.1, 0.15) is 11.5 Å². The Morgan fingerprint density at radius 3 is 2.09 bits per heavy atom. The van der Waals surface area contributed by atoms with Gasteiger partial charge in [0.15, 0.2) is 18.5 Å². The minimum Gasteiger partial charge on any atom is -0.495 e. The van der Waals surface area contributed by atoms with E-state index in [1.54, 1.807) is 54.6 Å². The zero-order chi connectivity index (χ0) is 24.5. The number of hydrogen-bond acceptors (Lipinski definition) is 7. The van der Waals surface area contributed by atoms with Crippen molar-refractivity contribution in [3.8, 4) is 17.2 Å². The van der Waals surface area contributed by atoms with Crippen molar-refractivity contribution in [2.45, 2.75) is 13.0 Å². The van der Waals surface area contributed by atoms with E-state index in [-0.39, 0.29) is 23.8 Å². The van der Waals surface area contributed by atoms with Crippen LogP contribution in [0.2, 0.25) is 0 Å². The van der Waals surface area contributed by atoms with E-state index in [0.29, 0.717) is 17.1 Å². The Labute approximate surface area is 195 Å². The molecule has 0 bridgehead atoms. The molecule has 0 spiro atoms. The van der Waals surface area contributed by atoms with Crippen molar-refractivity contribution < 1.29 is 28.7 Å². The minimum absolute atomic E-state index is 0.0207. The quantitative estimate of drug-likeness (QED) is 0.342. The summed E-state index contributed by atoms with van der Waals surface area (Å²) in [4.78, 5) is 35.5. The highest BCUT2D eigenvalue weighted by Gasteiger charge is 2.21. The number of carbonyl (C=O) groups is 2. The summed E-state index contributed by atoms with van der Waals surface area (Å²) in [6, 6.07) is 19.3. The number of anilines is 2. The van der Waals surface area contributed by atoms with E-state index >= 15 is 0 Å². The Morgan fingerprint density at radius 2 is 1.44 bits per heavy atom. The predicted molar refractivity (Wildman–Crippen MR) is 125 cm³/mol. The van der Waals surface area contributed by atoms with E-state index in [1.165, 1.54) is 32.2 Å². The Bertz CT molecular complexity index is 1180. The van der Waals surface area contributed by atoms with Gasteiger partial charge in [-0.05, 0) is 37.3 Å². The van der Waals surface area contributed by atoms with Gasteiger partial charge in [0.25, 0.3) is 11.8 Å². The first-order valence-corrected chi connectivity index (χ1v) is 10.2. The molecule has 1 atom stereocenters. The molecule has 0 saturated heterocycles. The molecule has 3 aromatic rings. The molecule has 176 valence electrons. The van der Waals surface area contributed by atoms with E-state index < -0.39 is 22.8 Å². The third-order valence-electron chi connectivity index (χ3n) is 4.62. The lowest BCUT2D eigenvalue weighted by Crippen LogP contribution is -2.30. The average Bonchev–Trinajstić information content (AvgIpc) is 2.84. The third kappa shape index (κ3) is 6.22. The first kappa shape index (κ1) is 24.1. The fraction of sp³-hybridized carbons (Fsp3) is 0.167. The number of nitrogens with one attached hydrogen (secondary N) is 2. The summed E-state index contributed by atoms with van der Waals surface area (Å²) in [7, 11) is 1.50. The SMILES string of the molecule is COc1ccccc1NC(=O)COc1ccccc1NC(=O)C(C)Oc1ccccc1[N+](=O)[O-]. The summed E-state index contributed by atoms with van der Waals surface area (Å²) in [5, 5.41) is 16.5. The van der Waals surface area contributed by atoms with E-state index in [1.807, 2.05) is 0 Å². The van der Waals surface area contributed by atoms with Gasteiger partial charge in [-0.3, -0.25) is 19.7 Å². The average molecular weight is 465 g/mol. The molecule has 0 fully saturated rings. The fourth-order valence-corrected chi connectivity index (χ4v) is 2.96. The highest BCUT2D eigenvalue weighted by atomic mass is 16.6. The van der Waals surface area contributed by atoms with Crippen LogP contribution in [0.3, 0.4) is 0 Å². The van der Waals surface area contributed by atoms with Gasteiger partial charge in [0, 0.05) is 6.07 Å². The first-order valence-electron chi connectivity index (χ1n) is 10.2. The maximum absolute atomic E-state index is 12.6. The molecule has 3 rings (SSSR count). The van der Waals surface area contributed by atoms with Crippen LogP contribution in [0.1, 0.15) is 6.92 Å². The van der Waals surface area contributed by atoms with Gasteiger partial charge < -0.3 is 24.8 Å². The summed E-state index contributed by atoms with van der Waals surface area (Å²) in [5.41, 5.74) is 0.573. The Balaban J connectivity index is 1.62. The summed E-state index contributed by atoms with van der Waals surface area (Å²) in [6.45, 7) is 1.16. The van der Waals surface area contributed by atoms with Gasteiger partial charge in [-0.25, -0.2) is 0 Å². The molecule has 0 aromatic heterocycles. The van der Waals surface area contributed by atoms with Crippen molar-refractivity contribution in [2.24, 2.45) is 0 Å². The van der Waals surface area contributed by atoms with Gasteiger partial charge in [0.2, 0.25) is 0 Å². The summed E-state index contributed by atoms with van der Waals surface area (Å²) in [5.74, 6) is -0.209. The van der Waals surface area contributed by atoms with Crippen LogP contribution < -0.4 is 24.8 Å². The number of para-hydroxylation sites is 6. The third-order valence-corrected chi connectivity index (χ3v) is 4.62. The normalized spacial score (nSPS) is 11.1. The summed E-state index contributed by atoms with van der Waals surface area (Å²) < 4.78 is 16.3. The number of amides is 2. The molecule has 2 amide bonds. The van der Waals surface area contributed by atoms with Gasteiger partial charge in [-0.15, -0.1) is 0 Å². The number of nitrogens with zero attached hydrogens (tertiary/aromatic N) is 1. The topological polar surface area (TPSA) is 129 Å². The lowest BCUT2D eigenvalue weighted by Gasteiger charge is -2.17. The molecule has 34 heavy (non-hydrogen) atoms. The van der Waals surface area contributed by atoms with E-state index in [0.717, 1.165) is 0 Å². The Morgan fingerprint density at radius 1 is 0.882 bits per heavy atom. The van der Waals surface area contributed by atoms with Crippen molar-refractivity contribution in [3.63, 3.8) is 0 Å². The number of hydrogen-bond donors (Lipinski definition) is 2. The van der Waals surface area contributed by atoms with E-state index in [2.05, 4.69) is 10.6 Å². The van der Waals surface area contributed by atoms with Gasteiger partial charge in [-0.1, -0.05) is 36.4 Å². The minimum atomic E-state index is -1.04. The molecule has 0 radical (unpaired) electrons. The molecule has 0 saturated carbocycles. The Hall–Kier alpha value is -4.60. The largest absolute Gasteiger partial charge is 0.495 e. The zero-order valence-electron chi connectivity index (χ0n) is 18.5. The lowest BCUT2D eigenvalue weighted by atomic mass is 10.2. The van der Waals surface area contributed by atoms with Crippen LogP contribution in [-0.2, 0) is 9.59 Å². The molecule has 10 nitrogen and oxygen atoms in total. The van der Waals surface area contributed by atoms with Crippen molar-refractivity contribution in [1.82, 2.24) is 0 Å². The molecule has 1 unspecified atom stereocenters. The van der Waals surface area contributed by atoms with Crippen LogP contribution >= 0.6 is 0 Å². The number of nitro benzene ring substituents is 1. The molecule has 10 heteroatoms. The summed E-state index contributed by atoms with van der Waals surface area (Å²) >= 11 is 0. The lowest BCUT2D eigenvalue weighted by molar-refractivity contribution is -0.386. The predicted octanol–water partition coefficient (Wildman–Crippen LogP) is 4.03. The first-order chi connectivity index (χ1) is 16.4. The number of benzene rings is 3. The van der Waals surface area contributed by atoms with Crippen molar-refractivity contribution >= 4 is 28.9 Å². The van der Waals surface area contributed by atoms with E-state index in [9.17, 15) is 19.7 Å². The molecular weight excluding hydrogens is 442 g/mol. The van der Waals surface area contributed by atoms with Gasteiger partial charge in [0.05, 0.1) is 23.4 Å². The van der Waals surface area contributed by atoms with Crippen LogP contribution in [0.15, 0.2) is 72.8 Å². The second-order valence-corrected chi connectivity index (χ2v) is 7.01. The highest BCUT2D eigenvalue weighted by molar-refractivity contribution is 5.96. The molecule has 2 N–H and O–H groups in total. The number of ether oxygens (including phenoxy) is 3. The van der Waals surface area contributed by atoms with Crippen molar-refractivity contribution in [1.29, 1.82) is 0 Å². The number of nitro groups is 1. The second kappa shape index (κ2) is 11.3. The van der Waals surface area contributed by atoms with Gasteiger partial charge in [-0.2, -0.15) is 0 Å². The number of carbonyl (C=O) groups excluding carboxylic acids is 2. The summed E-state index contributed by atoms with van der Waals surface area (Å²) in [6.07, 6.45) is -1.04. The van der Waals surface area contributed by atoms with Crippen LogP contribution in [0.5, 0.6) is 17.2 Å². The number of rotatable bonds is 10. The van der Waals surface area contributed by atoms with Crippen LogP contribution in [0.25, 0.3) is 0 Å². The molecule has 0 aliphatic rings. The monoisotopic (exact) mass is 465 g/mol. The smallest absolute Gasteiger partial charge is 0.310 e. The second-order valence-electron chi connectivity index (χ2n) is 7.01. The van der Waals surface area contributed by atoms with Crippen LogP contribution in [0, 0.1) is 10.1 Å². The highest BCUT2D eigenvalue weighted by Crippen LogP contribution is 2.28. The molecular formula is C24H23N3O7. The molecule has 3 aromatic carbocycles. The maximum atomic E-state index is 12.6. The fourth-order valence-electron chi connectivity index (χ4n) is 2.96. The standard InChI is InChI=1S/C24H23N3O7/c1-16(34-22-14-8-5-11-19(22)27(30)31)24(29)26-18-10-4-7-13-21(18)33-15-23(28)25-17-9-3-6-12-20(17)32-2/h3-14,16H,15H2,1-2H3,(H,25,28)(H,26,29). The number of methoxy groups -OCH3 is 1. The zero-order valence-corrected chi connectivity index (χ0v) is 18.5. The molecule has 0 aliphatic carbocycles. The van der Waals surface area contributed by atoms with Crippen molar-refractivity contribution in [3.05, 3.63) is 82.9 Å². The van der Waals surface area contributed by atoms with Crippen molar-refractivity contribution in [2.75, 3.05) is 24.4 Å². The molecule has 0 aliphatic heterocycles. The maximum Gasteiger partial charge on any atom is 0.310 e. The van der Waals surface area contributed by atoms with Crippen LogP contribution in [-0.4, -0.2) is 36.6 Å². The Kier molecular flexibility index (Phi) is 8.01. The molecule has 0 heterocycles.